The third-order valence-electron chi connectivity index (χ3n) is 4.44. The molecule has 0 radical (unpaired) electrons. The van der Waals surface area contributed by atoms with Crippen LogP contribution in [0.4, 0.5) is 0 Å². The van der Waals surface area contributed by atoms with E-state index in [2.05, 4.69) is 5.16 Å². The molecule has 2 rings (SSSR count). The maximum Gasteiger partial charge on any atom is 0.236 e. The number of carbonyl (C=O) groups is 2. The van der Waals surface area contributed by atoms with Gasteiger partial charge in [0.1, 0.15) is 5.41 Å². The SMILES string of the molecule is CC(=O)N1CCCN(C(=O)C2(C(N)=NO)CCC2)CC1. The highest BCUT2D eigenvalue weighted by molar-refractivity contribution is 6.07. The molecule has 2 fully saturated rings. The monoisotopic (exact) mass is 282 g/mol. The summed E-state index contributed by atoms with van der Waals surface area (Å²) in [5.74, 6) is -0.0139. The van der Waals surface area contributed by atoms with Crippen LogP contribution in [0.3, 0.4) is 0 Å². The number of hydrogen-bond acceptors (Lipinski definition) is 4. The fourth-order valence-electron chi connectivity index (χ4n) is 2.94. The molecule has 3 N–H and O–H groups in total. The highest BCUT2D eigenvalue weighted by atomic mass is 16.4. The molecular weight excluding hydrogens is 260 g/mol. The maximum atomic E-state index is 12.7. The maximum absolute atomic E-state index is 12.7. The number of hydrogen-bond donors (Lipinski definition) is 2. The molecule has 0 aromatic heterocycles. The molecule has 7 nitrogen and oxygen atoms in total. The van der Waals surface area contributed by atoms with E-state index in [1.165, 1.54) is 0 Å². The second-order valence-electron chi connectivity index (χ2n) is 5.57. The minimum atomic E-state index is -0.819. The number of carbonyl (C=O) groups excluding carboxylic acids is 2. The van der Waals surface area contributed by atoms with Crippen LogP contribution >= 0.6 is 0 Å². The first-order valence-electron chi connectivity index (χ1n) is 7.04. The number of amides is 2. The van der Waals surface area contributed by atoms with Crippen molar-refractivity contribution in [3.05, 3.63) is 0 Å². The zero-order valence-corrected chi connectivity index (χ0v) is 11.8. The Morgan fingerprint density at radius 2 is 1.70 bits per heavy atom. The van der Waals surface area contributed by atoms with E-state index < -0.39 is 5.41 Å². The number of nitrogens with two attached hydrogens (primary N) is 1. The van der Waals surface area contributed by atoms with Crippen LogP contribution in [0.5, 0.6) is 0 Å². The Morgan fingerprint density at radius 3 is 2.20 bits per heavy atom. The summed E-state index contributed by atoms with van der Waals surface area (Å²) < 4.78 is 0. The van der Waals surface area contributed by atoms with Crippen molar-refractivity contribution in [1.82, 2.24) is 9.80 Å². The predicted molar refractivity (Wildman–Crippen MR) is 73.1 cm³/mol. The standard InChI is InChI=1S/C13H22N4O3/c1-10(18)16-6-3-7-17(9-8-16)12(19)13(4-2-5-13)11(14)15-20/h20H,2-9H2,1H3,(H2,14,15). The zero-order valence-electron chi connectivity index (χ0n) is 11.8. The van der Waals surface area contributed by atoms with Crippen LogP contribution in [0, 0.1) is 5.41 Å². The normalized spacial score (nSPS) is 22.9. The summed E-state index contributed by atoms with van der Waals surface area (Å²) in [5, 5.41) is 11.9. The average Bonchev–Trinajstić information content (AvgIpc) is 2.62. The lowest BCUT2D eigenvalue weighted by Crippen LogP contribution is -2.55. The van der Waals surface area contributed by atoms with E-state index in [4.69, 9.17) is 10.9 Å². The average molecular weight is 282 g/mol. The third kappa shape index (κ3) is 2.44. The molecule has 0 spiro atoms. The molecule has 112 valence electrons. The summed E-state index contributed by atoms with van der Waals surface area (Å²) in [6.07, 6.45) is 2.94. The van der Waals surface area contributed by atoms with Crippen molar-refractivity contribution in [2.45, 2.75) is 32.6 Å². The van der Waals surface area contributed by atoms with Gasteiger partial charge in [-0.05, 0) is 19.3 Å². The van der Waals surface area contributed by atoms with Gasteiger partial charge < -0.3 is 20.7 Å². The van der Waals surface area contributed by atoms with Gasteiger partial charge in [0.2, 0.25) is 11.8 Å². The van der Waals surface area contributed by atoms with Gasteiger partial charge in [-0.1, -0.05) is 11.6 Å². The Bertz CT molecular complexity index is 431. The topological polar surface area (TPSA) is 99.2 Å². The van der Waals surface area contributed by atoms with Gasteiger partial charge in [0.25, 0.3) is 0 Å². The molecular formula is C13H22N4O3. The lowest BCUT2D eigenvalue weighted by Gasteiger charge is -2.42. The third-order valence-corrected chi connectivity index (χ3v) is 4.44. The lowest BCUT2D eigenvalue weighted by molar-refractivity contribution is -0.142. The molecule has 0 atom stereocenters. The van der Waals surface area contributed by atoms with Gasteiger partial charge in [-0.2, -0.15) is 0 Å². The van der Waals surface area contributed by atoms with E-state index in [0.29, 0.717) is 39.0 Å². The molecule has 1 saturated heterocycles. The summed E-state index contributed by atoms with van der Waals surface area (Å²) in [5.41, 5.74) is 4.90. The molecule has 1 heterocycles. The van der Waals surface area contributed by atoms with E-state index in [-0.39, 0.29) is 17.6 Å². The fraction of sp³-hybridized carbons (Fsp3) is 0.769. The molecule has 2 amide bonds. The van der Waals surface area contributed by atoms with Gasteiger partial charge in [0, 0.05) is 33.1 Å². The molecule has 7 heteroatoms. The quantitative estimate of drug-likeness (QED) is 0.322. The van der Waals surface area contributed by atoms with Crippen LogP contribution in [-0.4, -0.2) is 58.8 Å². The van der Waals surface area contributed by atoms with Gasteiger partial charge in [-0.15, -0.1) is 0 Å². The molecule has 1 saturated carbocycles. The molecule has 0 aromatic carbocycles. The van der Waals surface area contributed by atoms with E-state index in [0.717, 1.165) is 12.8 Å². The second kappa shape index (κ2) is 5.68. The Kier molecular flexibility index (Phi) is 4.15. The van der Waals surface area contributed by atoms with Crippen molar-refractivity contribution >= 4 is 17.6 Å². The minimum absolute atomic E-state index is 0.0152. The van der Waals surface area contributed by atoms with Crippen LogP contribution in [0.15, 0.2) is 5.16 Å². The molecule has 0 aromatic rings. The predicted octanol–water partition coefficient (Wildman–Crippen LogP) is -0.0161. The molecule has 2 aliphatic rings. The van der Waals surface area contributed by atoms with Crippen LogP contribution in [-0.2, 0) is 9.59 Å². The van der Waals surface area contributed by atoms with Crippen molar-refractivity contribution < 1.29 is 14.8 Å². The Morgan fingerprint density at radius 1 is 1.10 bits per heavy atom. The van der Waals surface area contributed by atoms with Crippen LogP contribution in [0.2, 0.25) is 0 Å². The summed E-state index contributed by atoms with van der Waals surface area (Å²) in [4.78, 5) is 27.6. The van der Waals surface area contributed by atoms with E-state index >= 15 is 0 Å². The molecule has 1 aliphatic carbocycles. The van der Waals surface area contributed by atoms with Gasteiger partial charge >= 0.3 is 0 Å². The summed E-state index contributed by atoms with van der Waals surface area (Å²) in [7, 11) is 0. The minimum Gasteiger partial charge on any atom is -0.409 e. The van der Waals surface area contributed by atoms with Gasteiger partial charge in [-0.3, -0.25) is 9.59 Å². The summed E-state index contributed by atoms with van der Waals surface area (Å²) in [6.45, 7) is 3.90. The summed E-state index contributed by atoms with van der Waals surface area (Å²) in [6, 6.07) is 0. The first kappa shape index (κ1) is 14.6. The second-order valence-corrected chi connectivity index (χ2v) is 5.57. The van der Waals surface area contributed by atoms with E-state index in [9.17, 15) is 9.59 Å². The Hall–Kier alpha value is -1.79. The highest BCUT2D eigenvalue weighted by Crippen LogP contribution is 2.42. The smallest absolute Gasteiger partial charge is 0.236 e. The number of oxime groups is 1. The number of amidine groups is 1. The van der Waals surface area contributed by atoms with Gasteiger partial charge in [0.15, 0.2) is 5.84 Å². The first-order valence-corrected chi connectivity index (χ1v) is 7.04. The Balaban J connectivity index is 2.07. The largest absolute Gasteiger partial charge is 0.409 e. The number of nitrogens with zero attached hydrogens (tertiary/aromatic N) is 3. The molecule has 0 unspecified atom stereocenters. The molecule has 0 bridgehead atoms. The fourth-order valence-corrected chi connectivity index (χ4v) is 2.94. The molecule has 20 heavy (non-hydrogen) atoms. The van der Waals surface area contributed by atoms with Gasteiger partial charge in [0.05, 0.1) is 0 Å². The summed E-state index contributed by atoms with van der Waals surface area (Å²) >= 11 is 0. The van der Waals surface area contributed by atoms with E-state index in [1.54, 1.807) is 16.7 Å². The van der Waals surface area contributed by atoms with Crippen molar-refractivity contribution in [3.8, 4) is 0 Å². The van der Waals surface area contributed by atoms with Crippen LogP contribution in [0.25, 0.3) is 0 Å². The van der Waals surface area contributed by atoms with Crippen LogP contribution < -0.4 is 5.73 Å². The van der Waals surface area contributed by atoms with Crippen molar-refractivity contribution in [3.63, 3.8) is 0 Å². The lowest BCUT2D eigenvalue weighted by atomic mass is 9.67. The van der Waals surface area contributed by atoms with Crippen LogP contribution in [0.1, 0.15) is 32.6 Å². The van der Waals surface area contributed by atoms with Crippen molar-refractivity contribution in [1.29, 1.82) is 0 Å². The van der Waals surface area contributed by atoms with Crippen molar-refractivity contribution in [2.75, 3.05) is 26.2 Å². The zero-order chi connectivity index (χ0) is 14.8. The molecule has 1 aliphatic heterocycles. The van der Waals surface area contributed by atoms with Crippen molar-refractivity contribution in [2.24, 2.45) is 16.3 Å². The van der Waals surface area contributed by atoms with E-state index in [1.807, 2.05) is 0 Å². The van der Waals surface area contributed by atoms with Gasteiger partial charge in [-0.25, -0.2) is 0 Å². The Labute approximate surface area is 118 Å². The first-order chi connectivity index (χ1) is 9.51. The highest BCUT2D eigenvalue weighted by Gasteiger charge is 2.50. The number of rotatable bonds is 2.